The lowest BCUT2D eigenvalue weighted by molar-refractivity contribution is -0.123. The number of carbonyl (C=O) groups excluding carboxylic acids is 1. The summed E-state index contributed by atoms with van der Waals surface area (Å²) in [6, 6.07) is 9.97. The van der Waals surface area contributed by atoms with Gasteiger partial charge in [-0.05, 0) is 49.4 Å². The molecule has 0 bridgehead atoms. The molecule has 1 amide bonds. The fraction of sp³-hybridized carbons (Fsp3) is 0.333. The zero-order valence-corrected chi connectivity index (χ0v) is 15.5. The van der Waals surface area contributed by atoms with Gasteiger partial charge in [0.15, 0.2) is 0 Å². The Labute approximate surface area is 162 Å². The zero-order chi connectivity index (χ0) is 19.3. The third-order valence-electron chi connectivity index (χ3n) is 5.88. The number of pyridine rings is 1. The minimum Gasteiger partial charge on any atom is -0.481 e. The van der Waals surface area contributed by atoms with Crippen molar-refractivity contribution >= 4 is 17.1 Å². The predicted octanol–water partition coefficient (Wildman–Crippen LogP) is 3.06. The lowest BCUT2D eigenvalue weighted by Gasteiger charge is -2.21. The second-order valence-corrected chi connectivity index (χ2v) is 7.40. The molecule has 1 aliphatic heterocycles. The Morgan fingerprint density at radius 1 is 1.32 bits per heavy atom. The molecule has 0 aromatic carbocycles. The van der Waals surface area contributed by atoms with E-state index in [2.05, 4.69) is 16.2 Å². The molecule has 0 spiro atoms. The Bertz CT molecular complexity index is 1130. The van der Waals surface area contributed by atoms with E-state index in [0.717, 1.165) is 35.2 Å². The van der Waals surface area contributed by atoms with Gasteiger partial charge in [-0.15, -0.1) is 0 Å². The SMILES string of the molecule is COc1ncccc1-c1cc2c(N3CC[C@@](C#N)(C4CC4)C3=O)ccnn2c1. The summed E-state index contributed by atoms with van der Waals surface area (Å²) >= 11 is 0. The number of rotatable bonds is 4. The van der Waals surface area contributed by atoms with Crippen LogP contribution >= 0.6 is 0 Å². The van der Waals surface area contributed by atoms with Crippen molar-refractivity contribution in [1.82, 2.24) is 14.6 Å². The summed E-state index contributed by atoms with van der Waals surface area (Å²) in [6.07, 6.45) is 7.79. The Morgan fingerprint density at radius 3 is 2.93 bits per heavy atom. The number of nitrogens with zero attached hydrogens (tertiary/aromatic N) is 5. The zero-order valence-electron chi connectivity index (χ0n) is 15.5. The molecular weight excluding hydrogens is 354 g/mol. The fourth-order valence-corrected chi connectivity index (χ4v) is 4.27. The van der Waals surface area contributed by atoms with Gasteiger partial charge in [0.2, 0.25) is 11.8 Å². The first-order valence-corrected chi connectivity index (χ1v) is 9.38. The largest absolute Gasteiger partial charge is 0.481 e. The maximum atomic E-state index is 13.2. The fourth-order valence-electron chi connectivity index (χ4n) is 4.27. The van der Waals surface area contributed by atoms with E-state index in [-0.39, 0.29) is 11.8 Å². The van der Waals surface area contributed by atoms with Gasteiger partial charge in [0, 0.05) is 36.3 Å². The minimum atomic E-state index is -0.859. The number of carbonyl (C=O) groups is 1. The molecule has 2 aliphatic rings. The second kappa shape index (κ2) is 6.06. The topological polar surface area (TPSA) is 83.5 Å². The lowest BCUT2D eigenvalue weighted by Crippen LogP contribution is -2.35. The van der Waals surface area contributed by atoms with Gasteiger partial charge < -0.3 is 9.64 Å². The molecule has 0 unspecified atom stereocenters. The Hall–Kier alpha value is -3.40. The van der Waals surface area contributed by atoms with Crippen molar-refractivity contribution in [3.63, 3.8) is 0 Å². The van der Waals surface area contributed by atoms with Crippen LogP contribution < -0.4 is 9.64 Å². The second-order valence-electron chi connectivity index (χ2n) is 7.40. The number of nitriles is 1. The van der Waals surface area contributed by atoms with Gasteiger partial charge in [0.1, 0.15) is 5.41 Å². The molecule has 2 fully saturated rings. The first kappa shape index (κ1) is 16.8. The Morgan fingerprint density at radius 2 is 2.18 bits per heavy atom. The molecule has 4 heterocycles. The molecular formula is C21H19N5O2. The molecule has 1 saturated carbocycles. The molecule has 28 heavy (non-hydrogen) atoms. The van der Waals surface area contributed by atoms with E-state index in [1.165, 1.54) is 0 Å². The average molecular weight is 373 g/mol. The molecule has 5 rings (SSSR count). The van der Waals surface area contributed by atoms with E-state index in [4.69, 9.17) is 4.74 Å². The summed E-state index contributed by atoms with van der Waals surface area (Å²) in [5.41, 5.74) is 2.51. The molecule has 0 radical (unpaired) electrons. The van der Waals surface area contributed by atoms with E-state index in [1.54, 1.807) is 28.9 Å². The molecule has 3 aromatic heterocycles. The van der Waals surface area contributed by atoms with Gasteiger partial charge in [-0.3, -0.25) is 4.79 Å². The summed E-state index contributed by atoms with van der Waals surface area (Å²) in [5.74, 6) is 0.664. The van der Waals surface area contributed by atoms with E-state index in [0.29, 0.717) is 18.8 Å². The van der Waals surface area contributed by atoms with Crippen molar-refractivity contribution in [1.29, 1.82) is 5.26 Å². The monoisotopic (exact) mass is 373 g/mol. The highest BCUT2D eigenvalue weighted by molar-refractivity contribution is 6.05. The van der Waals surface area contributed by atoms with Crippen LogP contribution in [0.1, 0.15) is 19.3 Å². The van der Waals surface area contributed by atoms with E-state index < -0.39 is 5.41 Å². The maximum absolute atomic E-state index is 13.2. The molecule has 3 aromatic rings. The summed E-state index contributed by atoms with van der Waals surface area (Å²) in [6.45, 7) is 0.555. The number of fused-ring (bicyclic) bond motifs is 1. The number of anilines is 1. The molecule has 7 nitrogen and oxygen atoms in total. The van der Waals surface area contributed by atoms with Gasteiger partial charge in [0.25, 0.3) is 0 Å². The number of ether oxygens (including phenoxy) is 1. The summed E-state index contributed by atoms with van der Waals surface area (Å²) in [4.78, 5) is 19.2. The first-order chi connectivity index (χ1) is 13.7. The smallest absolute Gasteiger partial charge is 0.247 e. The summed E-state index contributed by atoms with van der Waals surface area (Å²) in [5, 5.41) is 14.1. The highest BCUT2D eigenvalue weighted by Crippen LogP contribution is 2.52. The van der Waals surface area contributed by atoms with Gasteiger partial charge in [-0.25, -0.2) is 9.50 Å². The minimum absolute atomic E-state index is 0.0766. The van der Waals surface area contributed by atoms with Crippen molar-refractivity contribution in [3.05, 3.63) is 42.9 Å². The lowest BCUT2D eigenvalue weighted by atomic mass is 9.83. The van der Waals surface area contributed by atoms with Gasteiger partial charge in [0.05, 0.1) is 24.4 Å². The summed E-state index contributed by atoms with van der Waals surface area (Å²) < 4.78 is 7.13. The van der Waals surface area contributed by atoms with Crippen LogP contribution in [0.3, 0.4) is 0 Å². The van der Waals surface area contributed by atoms with Crippen LogP contribution in [0.4, 0.5) is 5.69 Å². The molecule has 1 saturated heterocycles. The number of hydrogen-bond donors (Lipinski definition) is 0. The standard InChI is InChI=1S/C21H19N5O2/c1-28-19-16(3-2-8-23-19)14-11-18-17(6-9-24-26(18)12-14)25-10-7-21(13-22,20(25)27)15-4-5-15/h2-3,6,8-9,11-12,15H,4-5,7,10H2,1H3/t21-/m1/s1. The molecule has 0 N–H and O–H groups in total. The van der Waals surface area contributed by atoms with Gasteiger partial charge in [-0.1, -0.05) is 0 Å². The number of amides is 1. The number of hydrogen-bond acceptors (Lipinski definition) is 5. The van der Waals surface area contributed by atoms with Crippen LogP contribution in [0.2, 0.25) is 0 Å². The quantitative estimate of drug-likeness (QED) is 0.702. The van der Waals surface area contributed by atoms with E-state index in [1.807, 2.05) is 30.5 Å². The Balaban J connectivity index is 1.59. The molecule has 7 heteroatoms. The van der Waals surface area contributed by atoms with Crippen molar-refractivity contribution < 1.29 is 9.53 Å². The van der Waals surface area contributed by atoms with Crippen LogP contribution in [0, 0.1) is 22.7 Å². The number of methoxy groups -OCH3 is 1. The van der Waals surface area contributed by atoms with Crippen LogP contribution in [0.5, 0.6) is 5.88 Å². The van der Waals surface area contributed by atoms with Crippen molar-refractivity contribution in [2.75, 3.05) is 18.6 Å². The van der Waals surface area contributed by atoms with E-state index >= 15 is 0 Å². The van der Waals surface area contributed by atoms with Crippen LogP contribution in [0.25, 0.3) is 16.6 Å². The highest BCUT2D eigenvalue weighted by Gasteiger charge is 2.56. The first-order valence-electron chi connectivity index (χ1n) is 9.38. The molecule has 140 valence electrons. The summed E-state index contributed by atoms with van der Waals surface area (Å²) in [7, 11) is 1.59. The van der Waals surface area contributed by atoms with Crippen LogP contribution in [-0.2, 0) is 4.79 Å². The van der Waals surface area contributed by atoms with Crippen molar-refractivity contribution in [2.24, 2.45) is 11.3 Å². The Kier molecular flexibility index (Phi) is 3.63. The maximum Gasteiger partial charge on any atom is 0.247 e. The molecule has 1 atom stereocenters. The number of aromatic nitrogens is 3. The third kappa shape index (κ3) is 2.31. The van der Waals surface area contributed by atoms with Crippen molar-refractivity contribution in [3.8, 4) is 23.1 Å². The highest BCUT2D eigenvalue weighted by atomic mass is 16.5. The normalized spacial score (nSPS) is 21.9. The van der Waals surface area contributed by atoms with Gasteiger partial charge in [-0.2, -0.15) is 10.4 Å². The van der Waals surface area contributed by atoms with Crippen molar-refractivity contribution in [2.45, 2.75) is 19.3 Å². The predicted molar refractivity (Wildman–Crippen MR) is 103 cm³/mol. The van der Waals surface area contributed by atoms with Crippen LogP contribution in [-0.4, -0.2) is 34.2 Å². The average Bonchev–Trinajstić information content (AvgIpc) is 3.40. The van der Waals surface area contributed by atoms with Crippen LogP contribution in [0.15, 0.2) is 42.9 Å². The van der Waals surface area contributed by atoms with Gasteiger partial charge >= 0.3 is 0 Å². The third-order valence-corrected chi connectivity index (χ3v) is 5.88. The van der Waals surface area contributed by atoms with E-state index in [9.17, 15) is 10.1 Å². The molecule has 1 aliphatic carbocycles.